The third kappa shape index (κ3) is 4.54. The Kier molecular flexibility index (Phi) is 5.12. The van der Waals surface area contributed by atoms with Crippen molar-refractivity contribution in [3.63, 3.8) is 0 Å². The third-order valence-electron chi connectivity index (χ3n) is 2.98. The molecular weight excluding hydrogens is 304 g/mol. The highest BCUT2D eigenvalue weighted by atomic mass is 35.7. The molecule has 1 aromatic rings. The SMILES string of the molecule is COc1cc(CS(=O)(=O)Cl)ccc1OC1CCCOC1. The number of halogens is 1. The lowest BCUT2D eigenvalue weighted by atomic mass is 10.1. The molecule has 1 atom stereocenters. The molecule has 0 N–H and O–H groups in total. The van der Waals surface area contributed by atoms with E-state index < -0.39 is 9.05 Å². The van der Waals surface area contributed by atoms with Crippen molar-refractivity contribution in [3.05, 3.63) is 23.8 Å². The Balaban J connectivity index is 2.12. The van der Waals surface area contributed by atoms with E-state index in [-0.39, 0.29) is 11.9 Å². The van der Waals surface area contributed by atoms with E-state index in [0.29, 0.717) is 23.7 Å². The van der Waals surface area contributed by atoms with Crippen LogP contribution in [0.1, 0.15) is 18.4 Å². The second-order valence-electron chi connectivity index (χ2n) is 4.63. The van der Waals surface area contributed by atoms with E-state index in [1.165, 1.54) is 7.11 Å². The molecule has 1 fully saturated rings. The molecule has 0 spiro atoms. The van der Waals surface area contributed by atoms with Gasteiger partial charge in [0.05, 0.1) is 19.5 Å². The first kappa shape index (κ1) is 15.4. The number of methoxy groups -OCH3 is 1. The van der Waals surface area contributed by atoms with Gasteiger partial charge in [0.2, 0.25) is 9.05 Å². The van der Waals surface area contributed by atoms with Crippen LogP contribution in [-0.2, 0) is 19.5 Å². The number of hydrogen-bond acceptors (Lipinski definition) is 5. The predicted molar refractivity (Wildman–Crippen MR) is 75.9 cm³/mol. The first-order chi connectivity index (χ1) is 9.48. The van der Waals surface area contributed by atoms with Gasteiger partial charge in [0.1, 0.15) is 6.10 Å². The van der Waals surface area contributed by atoms with Gasteiger partial charge in [-0.3, -0.25) is 0 Å². The monoisotopic (exact) mass is 320 g/mol. The van der Waals surface area contributed by atoms with E-state index in [1.54, 1.807) is 18.2 Å². The van der Waals surface area contributed by atoms with Crippen molar-refractivity contribution in [2.45, 2.75) is 24.7 Å². The van der Waals surface area contributed by atoms with Gasteiger partial charge in [0.15, 0.2) is 11.5 Å². The summed E-state index contributed by atoms with van der Waals surface area (Å²) < 4.78 is 38.6. The summed E-state index contributed by atoms with van der Waals surface area (Å²) in [4.78, 5) is 0. The first-order valence-electron chi connectivity index (χ1n) is 6.31. The summed E-state index contributed by atoms with van der Waals surface area (Å²) in [7, 11) is 3.17. The van der Waals surface area contributed by atoms with Crippen molar-refractivity contribution in [2.75, 3.05) is 20.3 Å². The lowest BCUT2D eigenvalue weighted by Gasteiger charge is -2.24. The Morgan fingerprint density at radius 1 is 1.40 bits per heavy atom. The van der Waals surface area contributed by atoms with Gasteiger partial charge in [-0.05, 0) is 30.5 Å². The van der Waals surface area contributed by atoms with Crippen LogP contribution in [-0.4, -0.2) is 34.8 Å². The molecule has 20 heavy (non-hydrogen) atoms. The minimum atomic E-state index is -3.59. The molecule has 0 aliphatic carbocycles. The lowest BCUT2D eigenvalue weighted by molar-refractivity contribution is 0.00643. The van der Waals surface area contributed by atoms with Gasteiger partial charge in [0.25, 0.3) is 0 Å². The average Bonchev–Trinajstić information content (AvgIpc) is 2.40. The van der Waals surface area contributed by atoms with Crippen LogP contribution >= 0.6 is 10.7 Å². The molecule has 0 aromatic heterocycles. The number of benzene rings is 1. The van der Waals surface area contributed by atoms with Gasteiger partial charge < -0.3 is 14.2 Å². The zero-order valence-corrected chi connectivity index (χ0v) is 12.7. The van der Waals surface area contributed by atoms with E-state index in [9.17, 15) is 8.42 Å². The summed E-state index contributed by atoms with van der Waals surface area (Å²) in [5.74, 6) is 0.838. The summed E-state index contributed by atoms with van der Waals surface area (Å²) in [6.45, 7) is 1.32. The molecule has 2 rings (SSSR count). The largest absolute Gasteiger partial charge is 0.493 e. The van der Waals surface area contributed by atoms with Gasteiger partial charge in [-0.1, -0.05) is 6.07 Å². The Bertz CT molecular complexity index is 552. The second kappa shape index (κ2) is 6.65. The fraction of sp³-hybridized carbons (Fsp3) is 0.538. The van der Waals surface area contributed by atoms with E-state index in [2.05, 4.69) is 0 Å². The molecule has 7 heteroatoms. The number of hydrogen-bond donors (Lipinski definition) is 0. The Labute approximate surface area is 123 Å². The summed E-state index contributed by atoms with van der Waals surface area (Å²) in [6.07, 6.45) is 1.90. The fourth-order valence-electron chi connectivity index (χ4n) is 2.08. The van der Waals surface area contributed by atoms with Gasteiger partial charge in [-0.2, -0.15) is 0 Å². The molecule has 0 radical (unpaired) electrons. The maximum Gasteiger partial charge on any atom is 0.236 e. The molecule has 1 heterocycles. The summed E-state index contributed by atoms with van der Waals surface area (Å²) in [5.41, 5.74) is 0.559. The third-order valence-corrected chi connectivity index (χ3v) is 3.98. The molecular formula is C13H17ClO5S. The maximum absolute atomic E-state index is 11.1. The van der Waals surface area contributed by atoms with E-state index >= 15 is 0 Å². The fourth-order valence-corrected chi connectivity index (χ4v) is 3.04. The van der Waals surface area contributed by atoms with Crippen LogP contribution in [0.4, 0.5) is 0 Å². The van der Waals surface area contributed by atoms with Crippen molar-refractivity contribution >= 4 is 19.7 Å². The summed E-state index contributed by atoms with van der Waals surface area (Å²) in [6, 6.07) is 4.99. The summed E-state index contributed by atoms with van der Waals surface area (Å²) >= 11 is 0. The Morgan fingerprint density at radius 2 is 2.20 bits per heavy atom. The zero-order valence-electron chi connectivity index (χ0n) is 11.2. The molecule has 1 unspecified atom stereocenters. The topological polar surface area (TPSA) is 61.8 Å². The standard InChI is InChI=1S/C13H17ClO5S/c1-17-13-7-10(9-20(14,15)16)4-5-12(13)19-11-3-2-6-18-8-11/h4-5,7,11H,2-3,6,8-9H2,1H3. The normalized spacial score (nSPS) is 19.6. The molecule has 1 aliphatic heterocycles. The maximum atomic E-state index is 11.1. The quantitative estimate of drug-likeness (QED) is 0.779. The van der Waals surface area contributed by atoms with Crippen LogP contribution in [0.2, 0.25) is 0 Å². The van der Waals surface area contributed by atoms with Gasteiger partial charge in [0, 0.05) is 17.3 Å². The Morgan fingerprint density at radius 3 is 2.80 bits per heavy atom. The van der Waals surface area contributed by atoms with E-state index in [1.807, 2.05) is 0 Å². The molecule has 0 amide bonds. The van der Waals surface area contributed by atoms with Crippen molar-refractivity contribution in [1.82, 2.24) is 0 Å². The van der Waals surface area contributed by atoms with Crippen LogP contribution in [0.25, 0.3) is 0 Å². The highest BCUT2D eigenvalue weighted by Gasteiger charge is 2.18. The molecule has 0 saturated carbocycles. The van der Waals surface area contributed by atoms with Crippen molar-refractivity contribution in [1.29, 1.82) is 0 Å². The van der Waals surface area contributed by atoms with Crippen LogP contribution in [0.3, 0.4) is 0 Å². The molecule has 5 nitrogen and oxygen atoms in total. The second-order valence-corrected chi connectivity index (χ2v) is 7.40. The van der Waals surface area contributed by atoms with Gasteiger partial charge in [-0.15, -0.1) is 0 Å². The number of ether oxygens (including phenoxy) is 3. The molecule has 1 aliphatic rings. The average molecular weight is 321 g/mol. The zero-order chi connectivity index (χ0) is 14.6. The highest BCUT2D eigenvalue weighted by Crippen LogP contribution is 2.31. The van der Waals surface area contributed by atoms with Crippen molar-refractivity contribution in [2.24, 2.45) is 0 Å². The highest BCUT2D eigenvalue weighted by molar-refractivity contribution is 8.13. The molecule has 1 saturated heterocycles. The van der Waals surface area contributed by atoms with Crippen LogP contribution < -0.4 is 9.47 Å². The van der Waals surface area contributed by atoms with Crippen LogP contribution in [0, 0.1) is 0 Å². The minimum absolute atomic E-state index is 0.000240. The lowest BCUT2D eigenvalue weighted by Crippen LogP contribution is -2.28. The minimum Gasteiger partial charge on any atom is -0.493 e. The molecule has 112 valence electrons. The number of rotatable bonds is 5. The van der Waals surface area contributed by atoms with Gasteiger partial charge >= 0.3 is 0 Å². The molecule has 0 bridgehead atoms. The predicted octanol–water partition coefficient (Wildman–Crippen LogP) is 2.32. The smallest absolute Gasteiger partial charge is 0.236 e. The molecule has 1 aromatic carbocycles. The van der Waals surface area contributed by atoms with Crippen molar-refractivity contribution < 1.29 is 22.6 Å². The Hall–Kier alpha value is -0.980. The van der Waals surface area contributed by atoms with Crippen LogP contribution in [0.5, 0.6) is 11.5 Å². The summed E-state index contributed by atoms with van der Waals surface area (Å²) in [5, 5.41) is 0. The van der Waals surface area contributed by atoms with E-state index in [0.717, 1.165) is 19.4 Å². The van der Waals surface area contributed by atoms with E-state index in [4.69, 9.17) is 24.9 Å². The van der Waals surface area contributed by atoms with Crippen LogP contribution in [0.15, 0.2) is 18.2 Å². The first-order valence-corrected chi connectivity index (χ1v) is 8.79. The van der Waals surface area contributed by atoms with Crippen molar-refractivity contribution in [3.8, 4) is 11.5 Å². The van der Waals surface area contributed by atoms with Gasteiger partial charge in [-0.25, -0.2) is 8.42 Å².